The van der Waals surface area contributed by atoms with Gasteiger partial charge in [-0.1, -0.05) is 146 Å². The zero-order valence-corrected chi connectivity index (χ0v) is 34.8. The van der Waals surface area contributed by atoms with Crippen molar-refractivity contribution in [3.8, 4) is 22.3 Å². The van der Waals surface area contributed by atoms with E-state index in [9.17, 15) is 0 Å². The maximum Gasteiger partial charge on any atom is 0.158 e. The van der Waals surface area contributed by atoms with E-state index in [0.29, 0.717) is 18.5 Å². The smallest absolute Gasteiger partial charge is 0.158 e. The summed E-state index contributed by atoms with van der Waals surface area (Å²) in [5.41, 5.74) is 14.8. The van der Waals surface area contributed by atoms with Crippen molar-refractivity contribution < 1.29 is 0 Å². The molecule has 5 nitrogen and oxygen atoms in total. The molecule has 1 unspecified atom stereocenters. The Bertz CT molecular complexity index is 2920. The van der Waals surface area contributed by atoms with Crippen molar-refractivity contribution in [3.63, 3.8) is 0 Å². The highest BCUT2D eigenvalue weighted by Crippen LogP contribution is 2.49. The molecule has 1 aliphatic heterocycles. The Kier molecular flexibility index (Phi) is 12.1. The Labute approximate surface area is 353 Å². The van der Waals surface area contributed by atoms with Gasteiger partial charge in [0.2, 0.25) is 0 Å². The van der Waals surface area contributed by atoms with Crippen molar-refractivity contribution in [2.75, 3.05) is 0 Å². The van der Waals surface area contributed by atoms with Crippen LogP contribution in [0.25, 0.3) is 60.5 Å². The summed E-state index contributed by atoms with van der Waals surface area (Å²) in [4.78, 5) is 13.9. The highest BCUT2D eigenvalue weighted by Gasteiger charge is 2.33. The van der Waals surface area contributed by atoms with Crippen molar-refractivity contribution in [3.05, 3.63) is 199 Å². The summed E-state index contributed by atoms with van der Waals surface area (Å²) in [6, 6.07) is 43.7. The van der Waals surface area contributed by atoms with Crippen LogP contribution in [0.15, 0.2) is 203 Å². The fourth-order valence-corrected chi connectivity index (χ4v) is 8.67. The van der Waals surface area contributed by atoms with Gasteiger partial charge in [-0.25, -0.2) is 9.98 Å². The van der Waals surface area contributed by atoms with Crippen molar-refractivity contribution in [1.82, 2.24) is 9.13 Å². The van der Waals surface area contributed by atoms with E-state index in [1.807, 2.05) is 39.0 Å². The highest BCUT2D eigenvalue weighted by atomic mass is 15.1. The minimum Gasteiger partial charge on any atom is -0.332 e. The molecule has 0 bridgehead atoms. The molecule has 0 spiro atoms. The minimum atomic E-state index is 0.306. The predicted octanol–water partition coefficient (Wildman–Crippen LogP) is 14.5. The molecule has 296 valence electrons. The Morgan fingerprint density at radius 3 is 2.22 bits per heavy atom. The zero-order valence-electron chi connectivity index (χ0n) is 34.8. The molecule has 3 aliphatic rings. The Hall–Kier alpha value is -7.11. The van der Waals surface area contributed by atoms with Crippen molar-refractivity contribution in [1.29, 1.82) is 0 Å². The SMILES string of the molecule is C/C=C\C.C=CC.C=NC=N/C(=N\Cn1c2ccccc2c2ccc3c(cc4n3C3CC=CC=C3C3=C4C=CCC3)c21)c1cccc(-c2ccc(-c3ccccc3)cc2)c1. The molecule has 0 saturated heterocycles. The quantitative estimate of drug-likeness (QED) is 0.0916. The third-order valence-corrected chi connectivity index (χ3v) is 11.4. The fourth-order valence-electron chi connectivity index (χ4n) is 8.67. The maximum atomic E-state index is 5.23. The highest BCUT2D eigenvalue weighted by molar-refractivity contribution is 6.18. The molecule has 0 fully saturated rings. The van der Waals surface area contributed by atoms with E-state index in [2.05, 4.69) is 173 Å². The van der Waals surface area contributed by atoms with Crippen LogP contribution in [0.2, 0.25) is 0 Å². The van der Waals surface area contributed by atoms with Crippen LogP contribution in [0, 0.1) is 0 Å². The van der Waals surface area contributed by atoms with E-state index < -0.39 is 0 Å². The van der Waals surface area contributed by atoms with Gasteiger partial charge in [0, 0.05) is 27.3 Å². The van der Waals surface area contributed by atoms with Crippen LogP contribution in [0.3, 0.4) is 0 Å². The number of rotatable bonds is 6. The number of hydrogen-bond donors (Lipinski definition) is 0. The second-order valence-corrected chi connectivity index (χ2v) is 15.0. The summed E-state index contributed by atoms with van der Waals surface area (Å²) in [5, 5.41) is 3.71. The molecule has 0 N–H and O–H groups in total. The van der Waals surface area contributed by atoms with Crippen LogP contribution >= 0.6 is 0 Å². The molecule has 10 rings (SSSR count). The van der Waals surface area contributed by atoms with E-state index >= 15 is 0 Å². The molecule has 0 saturated carbocycles. The Morgan fingerprint density at radius 2 is 1.45 bits per heavy atom. The van der Waals surface area contributed by atoms with Crippen molar-refractivity contribution in [2.45, 2.75) is 52.7 Å². The number of para-hydroxylation sites is 1. The molecule has 5 heteroatoms. The molecule has 2 aromatic heterocycles. The lowest BCUT2D eigenvalue weighted by molar-refractivity contribution is 0.579. The van der Waals surface area contributed by atoms with Crippen molar-refractivity contribution >= 4 is 57.2 Å². The summed E-state index contributed by atoms with van der Waals surface area (Å²) >= 11 is 0. The molecular formula is C55H51N5. The zero-order chi connectivity index (χ0) is 41.4. The minimum absolute atomic E-state index is 0.306. The van der Waals surface area contributed by atoms with Gasteiger partial charge in [0.1, 0.15) is 13.0 Å². The van der Waals surface area contributed by atoms with Crippen LogP contribution in [-0.2, 0) is 6.67 Å². The molecule has 2 aliphatic carbocycles. The van der Waals surface area contributed by atoms with Crippen LogP contribution < -0.4 is 0 Å². The van der Waals surface area contributed by atoms with Crippen LogP contribution in [0.5, 0.6) is 0 Å². The van der Waals surface area contributed by atoms with E-state index in [-0.39, 0.29) is 0 Å². The molecule has 3 heterocycles. The van der Waals surface area contributed by atoms with E-state index in [0.717, 1.165) is 41.5 Å². The van der Waals surface area contributed by atoms with Gasteiger partial charge < -0.3 is 9.13 Å². The first-order chi connectivity index (χ1) is 29.6. The largest absolute Gasteiger partial charge is 0.332 e. The summed E-state index contributed by atoms with van der Waals surface area (Å²) in [6.07, 6.45) is 22.0. The van der Waals surface area contributed by atoms with E-state index in [1.54, 1.807) is 6.08 Å². The second-order valence-electron chi connectivity index (χ2n) is 15.0. The van der Waals surface area contributed by atoms with Gasteiger partial charge in [-0.05, 0) is 104 Å². The third kappa shape index (κ3) is 7.62. The van der Waals surface area contributed by atoms with E-state index in [4.69, 9.17) is 9.98 Å². The van der Waals surface area contributed by atoms with Gasteiger partial charge in [-0.2, -0.15) is 0 Å². The standard InChI is InChI=1S/C48H37N5.C4H8.C3H6/c1-49-30-50-48(36-15-11-14-35(28-36)34-24-22-33(23-25-34)32-12-3-2-4-13-32)51-31-52-43-20-9-7-19-40(43)41-26-27-45-42(47(41)52)29-46-39-18-6-5-16-37(39)38-17-8-10-21-44(38)53(45)46;1-3-4-2;1-3-2/h2-4,6-15,17-20,22-30,44H,1,5,16,21,31H2;3-4H,1-2H3;3H,1H2,2H3/b50-30?,51-48-;4-3-;. The average Bonchev–Trinajstić information content (AvgIpc) is 3.86. The number of fused-ring (bicyclic) bond motifs is 11. The van der Waals surface area contributed by atoms with Gasteiger partial charge in [0.25, 0.3) is 0 Å². The fraction of sp³-hybridized carbons (Fsp3) is 0.145. The van der Waals surface area contributed by atoms with Crippen LogP contribution in [0.1, 0.15) is 57.3 Å². The summed E-state index contributed by atoms with van der Waals surface area (Å²) in [6.45, 7) is 13.3. The molecule has 5 aromatic carbocycles. The molecule has 0 radical (unpaired) electrons. The first kappa shape index (κ1) is 39.7. The number of aliphatic imine (C=N–C) groups is 3. The maximum absolute atomic E-state index is 5.23. The summed E-state index contributed by atoms with van der Waals surface area (Å²) in [7, 11) is 0. The monoisotopic (exact) mass is 781 g/mol. The predicted molar refractivity (Wildman–Crippen MR) is 259 cm³/mol. The number of hydrogen-bond acceptors (Lipinski definition) is 1. The first-order valence-corrected chi connectivity index (χ1v) is 20.9. The van der Waals surface area contributed by atoms with Gasteiger partial charge in [0.05, 0.1) is 28.3 Å². The van der Waals surface area contributed by atoms with Gasteiger partial charge in [-0.3, -0.25) is 4.99 Å². The lowest BCUT2D eigenvalue weighted by Crippen LogP contribution is -2.22. The molecule has 0 amide bonds. The van der Waals surface area contributed by atoms with Gasteiger partial charge in [-0.15, -0.1) is 6.58 Å². The number of amidine groups is 1. The first-order valence-electron chi connectivity index (χ1n) is 20.9. The summed E-state index contributed by atoms with van der Waals surface area (Å²) < 4.78 is 4.96. The number of nitrogens with zero attached hydrogens (tertiary/aromatic N) is 5. The molecule has 1 atom stereocenters. The van der Waals surface area contributed by atoms with Crippen LogP contribution in [-0.4, -0.2) is 28.0 Å². The Morgan fingerprint density at radius 1 is 0.733 bits per heavy atom. The topological polar surface area (TPSA) is 46.9 Å². The second kappa shape index (κ2) is 18.2. The van der Waals surface area contributed by atoms with E-state index in [1.165, 1.54) is 67.1 Å². The van der Waals surface area contributed by atoms with Crippen molar-refractivity contribution in [2.24, 2.45) is 15.0 Å². The molecular weight excluding hydrogens is 731 g/mol. The average molecular weight is 782 g/mol. The lowest BCUT2D eigenvalue weighted by atomic mass is 9.81. The van der Waals surface area contributed by atoms with Crippen LogP contribution in [0.4, 0.5) is 0 Å². The normalized spacial score (nSPS) is 15.6. The third-order valence-electron chi connectivity index (χ3n) is 11.4. The molecule has 60 heavy (non-hydrogen) atoms. The Balaban J connectivity index is 0.000000666. The number of benzene rings is 5. The van der Waals surface area contributed by atoms with Gasteiger partial charge in [0.15, 0.2) is 5.84 Å². The number of allylic oxidation sites excluding steroid dienone is 11. The summed E-state index contributed by atoms with van der Waals surface area (Å²) in [5.74, 6) is 0.611. The number of aromatic nitrogens is 2. The van der Waals surface area contributed by atoms with Gasteiger partial charge >= 0.3 is 0 Å². The lowest BCUT2D eigenvalue weighted by Gasteiger charge is -2.35. The molecule has 7 aromatic rings.